The van der Waals surface area contributed by atoms with Gasteiger partial charge in [-0.05, 0) is 26.0 Å². The number of carbonyl (C=O) groups is 5. The molecule has 0 bridgehead atoms. The lowest BCUT2D eigenvalue weighted by molar-refractivity contribution is -0.131. The summed E-state index contributed by atoms with van der Waals surface area (Å²) in [6.07, 6.45) is 0. The van der Waals surface area contributed by atoms with Gasteiger partial charge >= 0.3 is 5.97 Å². The van der Waals surface area contributed by atoms with Crippen LogP contribution in [-0.2, 0) is 4.79 Å². The quantitative estimate of drug-likeness (QED) is 0.589. The molecule has 0 saturated carbocycles. The first-order chi connectivity index (χ1) is 14.6. The minimum Gasteiger partial charge on any atom is -0.507 e. The Labute approximate surface area is 176 Å². The van der Waals surface area contributed by atoms with E-state index in [0.717, 1.165) is 6.92 Å². The summed E-state index contributed by atoms with van der Waals surface area (Å²) in [7, 11) is 0. The zero-order valence-corrected chi connectivity index (χ0v) is 16.9. The summed E-state index contributed by atoms with van der Waals surface area (Å²) in [6, 6.07) is 8.41. The molecule has 1 N–H and O–H groups in total. The Balaban J connectivity index is 1.98. The number of Topliss-reactive ketones (excluding diaryl/α,β-unsaturated/α-hetero) is 4. The van der Waals surface area contributed by atoms with Crippen LogP contribution in [0.3, 0.4) is 0 Å². The lowest BCUT2D eigenvalue weighted by Crippen LogP contribution is -2.29. The molecule has 2 aromatic carbocycles. The van der Waals surface area contributed by atoms with Crippen molar-refractivity contribution >= 4 is 29.1 Å². The number of ether oxygens (including phenoxy) is 1. The normalized spacial score (nSPS) is 15.8. The van der Waals surface area contributed by atoms with Crippen LogP contribution in [-0.4, -0.2) is 34.2 Å². The van der Waals surface area contributed by atoms with Gasteiger partial charge in [-0.1, -0.05) is 24.3 Å². The maximum Gasteiger partial charge on any atom is 0.308 e. The molecule has 2 aromatic rings. The fourth-order valence-corrected chi connectivity index (χ4v) is 3.99. The number of ketones is 4. The van der Waals surface area contributed by atoms with Gasteiger partial charge in [-0.2, -0.15) is 0 Å². The Bertz CT molecular complexity index is 1320. The van der Waals surface area contributed by atoms with Gasteiger partial charge in [-0.25, -0.2) is 0 Å². The van der Waals surface area contributed by atoms with Crippen molar-refractivity contribution in [1.29, 1.82) is 0 Å². The predicted octanol–water partition coefficient (Wildman–Crippen LogP) is 3.41. The first kappa shape index (κ1) is 20.2. The van der Waals surface area contributed by atoms with E-state index < -0.39 is 34.9 Å². The van der Waals surface area contributed by atoms with E-state index in [1.807, 2.05) is 0 Å². The smallest absolute Gasteiger partial charge is 0.308 e. The number of phenolic OH excluding ortho intramolecular Hbond substituents is 1. The topological polar surface area (TPSA) is 115 Å². The molecule has 0 radical (unpaired) electrons. The summed E-state index contributed by atoms with van der Waals surface area (Å²) >= 11 is 0. The Morgan fingerprint density at radius 1 is 0.742 bits per heavy atom. The minimum atomic E-state index is -0.728. The second kappa shape index (κ2) is 6.98. The Morgan fingerprint density at radius 3 is 1.77 bits per heavy atom. The van der Waals surface area contributed by atoms with Crippen LogP contribution < -0.4 is 4.74 Å². The molecule has 7 heteroatoms. The molecular formula is C24H16O7. The zero-order valence-electron chi connectivity index (χ0n) is 16.9. The van der Waals surface area contributed by atoms with Crippen molar-refractivity contribution in [2.45, 2.75) is 20.8 Å². The number of phenols is 1. The van der Waals surface area contributed by atoms with Gasteiger partial charge in [0.2, 0.25) is 0 Å². The van der Waals surface area contributed by atoms with Crippen molar-refractivity contribution in [3.05, 3.63) is 80.9 Å². The van der Waals surface area contributed by atoms with E-state index in [1.165, 1.54) is 50.2 Å². The van der Waals surface area contributed by atoms with Gasteiger partial charge in [0.15, 0.2) is 23.1 Å². The van der Waals surface area contributed by atoms with Crippen LogP contribution in [0.1, 0.15) is 62.2 Å². The Hall–Kier alpha value is -4.13. The molecule has 0 amide bonds. The van der Waals surface area contributed by atoms with Gasteiger partial charge in [-0.3, -0.25) is 24.0 Å². The van der Waals surface area contributed by atoms with E-state index >= 15 is 0 Å². The second-order valence-corrected chi connectivity index (χ2v) is 7.29. The third kappa shape index (κ3) is 2.85. The molecule has 4 rings (SSSR count). The molecule has 0 heterocycles. The molecule has 2 aliphatic carbocycles. The molecule has 0 atom stereocenters. The van der Waals surface area contributed by atoms with Crippen LogP contribution in [0, 0.1) is 0 Å². The summed E-state index contributed by atoms with van der Waals surface area (Å²) in [6.45, 7) is 3.95. The number of aromatic hydroxyl groups is 1. The molecule has 154 valence electrons. The highest BCUT2D eigenvalue weighted by molar-refractivity contribution is 6.37. The summed E-state index contributed by atoms with van der Waals surface area (Å²) < 4.78 is 5.11. The second-order valence-electron chi connectivity index (χ2n) is 7.29. The third-order valence-electron chi connectivity index (χ3n) is 5.40. The number of allylic oxidation sites excluding steroid dienone is 4. The van der Waals surface area contributed by atoms with Crippen molar-refractivity contribution in [2.24, 2.45) is 0 Å². The number of carbonyl (C=O) groups excluding carboxylic acids is 5. The van der Waals surface area contributed by atoms with Crippen LogP contribution in [0.5, 0.6) is 11.5 Å². The minimum absolute atomic E-state index is 0.00739. The van der Waals surface area contributed by atoms with Gasteiger partial charge < -0.3 is 9.84 Å². The van der Waals surface area contributed by atoms with Gasteiger partial charge in [0.25, 0.3) is 0 Å². The van der Waals surface area contributed by atoms with Crippen molar-refractivity contribution in [1.82, 2.24) is 0 Å². The number of hydrogen-bond donors (Lipinski definition) is 1. The van der Waals surface area contributed by atoms with Crippen molar-refractivity contribution in [3.63, 3.8) is 0 Å². The zero-order chi connectivity index (χ0) is 22.6. The monoisotopic (exact) mass is 416 g/mol. The molecule has 0 aliphatic heterocycles. The largest absolute Gasteiger partial charge is 0.507 e. The Morgan fingerprint density at radius 2 is 1.23 bits per heavy atom. The van der Waals surface area contributed by atoms with Crippen LogP contribution >= 0.6 is 0 Å². The van der Waals surface area contributed by atoms with E-state index in [4.69, 9.17) is 4.74 Å². The number of rotatable bonds is 2. The molecule has 0 aromatic heterocycles. The molecule has 31 heavy (non-hydrogen) atoms. The first-order valence-electron chi connectivity index (χ1n) is 9.39. The molecule has 7 nitrogen and oxygen atoms in total. The van der Waals surface area contributed by atoms with Gasteiger partial charge in [-0.15, -0.1) is 0 Å². The van der Waals surface area contributed by atoms with E-state index in [-0.39, 0.29) is 50.3 Å². The fraction of sp³-hybridized carbons (Fsp3) is 0.125. The maximum absolute atomic E-state index is 13.5. The molecular weight excluding hydrogens is 400 g/mol. The summed E-state index contributed by atoms with van der Waals surface area (Å²) in [5.41, 5.74) is -0.778. The van der Waals surface area contributed by atoms with E-state index in [2.05, 4.69) is 0 Å². The first-order valence-corrected chi connectivity index (χ1v) is 9.39. The van der Waals surface area contributed by atoms with Crippen molar-refractivity contribution < 1.29 is 33.8 Å². The summed E-state index contributed by atoms with van der Waals surface area (Å²) in [5.74, 6) is -3.67. The number of esters is 1. The highest BCUT2D eigenvalue weighted by Crippen LogP contribution is 2.41. The van der Waals surface area contributed by atoms with Crippen LogP contribution in [0.25, 0.3) is 0 Å². The molecule has 0 spiro atoms. The van der Waals surface area contributed by atoms with Crippen molar-refractivity contribution in [3.8, 4) is 11.5 Å². The predicted molar refractivity (Wildman–Crippen MR) is 109 cm³/mol. The van der Waals surface area contributed by atoms with Gasteiger partial charge in [0.1, 0.15) is 11.5 Å². The molecule has 0 fully saturated rings. The average molecular weight is 416 g/mol. The highest BCUT2D eigenvalue weighted by Gasteiger charge is 2.41. The van der Waals surface area contributed by atoms with E-state index in [1.54, 1.807) is 0 Å². The van der Waals surface area contributed by atoms with Crippen molar-refractivity contribution in [2.75, 3.05) is 0 Å². The van der Waals surface area contributed by atoms with E-state index in [9.17, 15) is 29.1 Å². The lowest BCUT2D eigenvalue weighted by Gasteiger charge is -2.26. The standard InChI is InChI=1S/C24H16O7/c1-10-17(23(29)19-13(21(10)27)6-4-8-15(19)26)18-11(2)22(28)14-7-5-9-16(31-12(3)25)20(14)24(18)30/h4-9,26H,1-3H3. The van der Waals surface area contributed by atoms with Crippen LogP contribution in [0.2, 0.25) is 0 Å². The SMILES string of the molecule is CC(=O)Oc1cccc2c1C(=O)C(C1=C(C)C(=O)c3cccc(O)c3C1=O)=C(C)C2=O. The average Bonchev–Trinajstić information content (AvgIpc) is 2.72. The number of benzene rings is 2. The maximum atomic E-state index is 13.5. The van der Waals surface area contributed by atoms with Crippen LogP contribution in [0.15, 0.2) is 58.7 Å². The fourth-order valence-electron chi connectivity index (χ4n) is 3.99. The number of hydrogen-bond acceptors (Lipinski definition) is 7. The van der Waals surface area contributed by atoms with E-state index in [0.29, 0.717) is 0 Å². The molecule has 2 aliphatic rings. The van der Waals surface area contributed by atoms with Gasteiger partial charge in [0.05, 0.1) is 11.1 Å². The van der Waals surface area contributed by atoms with Gasteiger partial charge in [0, 0.05) is 40.3 Å². The summed E-state index contributed by atoms with van der Waals surface area (Å²) in [5, 5.41) is 10.2. The molecule has 0 saturated heterocycles. The van der Waals surface area contributed by atoms with Crippen LogP contribution in [0.4, 0.5) is 0 Å². The Kier molecular flexibility index (Phi) is 4.54. The number of fused-ring (bicyclic) bond motifs is 2. The highest BCUT2D eigenvalue weighted by atomic mass is 16.5. The summed E-state index contributed by atoms with van der Waals surface area (Å²) in [4.78, 5) is 64.3. The lowest BCUT2D eigenvalue weighted by atomic mass is 9.74. The molecule has 0 unspecified atom stereocenters. The third-order valence-corrected chi connectivity index (χ3v) is 5.40.